The molecule has 2 bridgehead atoms. The van der Waals surface area contributed by atoms with Crippen molar-refractivity contribution in [3.63, 3.8) is 0 Å². The van der Waals surface area contributed by atoms with Gasteiger partial charge in [0.25, 0.3) is 0 Å². The summed E-state index contributed by atoms with van der Waals surface area (Å²) in [5, 5.41) is 0. The molecule has 1 aromatic carbocycles. The van der Waals surface area contributed by atoms with Crippen LogP contribution in [0.1, 0.15) is 58.4 Å². The van der Waals surface area contributed by atoms with Crippen LogP contribution in [0.15, 0.2) is 24.3 Å². The molecule has 4 heterocycles. The summed E-state index contributed by atoms with van der Waals surface area (Å²) in [5.41, 5.74) is 0.585. The van der Waals surface area contributed by atoms with Crippen molar-refractivity contribution in [2.24, 2.45) is 23.7 Å². The third-order valence-electron chi connectivity index (χ3n) is 7.99. The van der Waals surface area contributed by atoms with E-state index in [0.29, 0.717) is 36.9 Å². The third-order valence-corrected chi connectivity index (χ3v) is 9.39. The standard InChI is InChI=1S/C25H35FO5S/c1-16-5-10-21-17(2)22(32-14-4-13-27-15-18-6-8-19(26)9-7-18)28-23-25(21)20(16)11-12-24(3,29-23)30-31-25/h6-9,16-17,20-23H,4-5,10-15H2,1-3H3/t16-,17-,20+,21+,22+,23?,24-,25-/m1/s1. The Bertz CT molecular complexity index is 793. The van der Waals surface area contributed by atoms with Gasteiger partial charge in [0.1, 0.15) is 11.3 Å². The summed E-state index contributed by atoms with van der Waals surface area (Å²) < 4.78 is 31.8. The maximum Gasteiger partial charge on any atom is 0.201 e. The summed E-state index contributed by atoms with van der Waals surface area (Å²) in [5.74, 6) is 1.74. The average Bonchev–Trinajstić information content (AvgIpc) is 3.01. The van der Waals surface area contributed by atoms with Crippen molar-refractivity contribution >= 4 is 11.8 Å². The number of halogens is 1. The lowest BCUT2D eigenvalue weighted by atomic mass is 9.58. The first-order valence-electron chi connectivity index (χ1n) is 12.1. The Kier molecular flexibility index (Phi) is 6.60. The number of fused-ring (bicyclic) bond motifs is 2. The second kappa shape index (κ2) is 9.16. The highest BCUT2D eigenvalue weighted by Gasteiger charge is 2.69. The quantitative estimate of drug-likeness (QED) is 0.381. The third kappa shape index (κ3) is 4.14. The number of hydrogen-bond donors (Lipinski definition) is 0. The highest BCUT2D eigenvalue weighted by Crippen LogP contribution is 2.61. The van der Waals surface area contributed by atoms with E-state index in [2.05, 4.69) is 13.8 Å². The first-order valence-corrected chi connectivity index (χ1v) is 13.1. The van der Waals surface area contributed by atoms with Gasteiger partial charge in [-0.3, -0.25) is 0 Å². The van der Waals surface area contributed by atoms with Crippen LogP contribution in [0.3, 0.4) is 0 Å². The molecule has 0 amide bonds. The van der Waals surface area contributed by atoms with Crippen LogP contribution in [-0.2, 0) is 30.6 Å². The molecule has 4 aliphatic heterocycles. The minimum absolute atomic E-state index is 0.0772. The normalized spacial score (nSPS) is 43.0. The molecule has 0 radical (unpaired) electrons. The van der Waals surface area contributed by atoms with Crippen LogP contribution in [0.2, 0.25) is 0 Å². The van der Waals surface area contributed by atoms with Crippen LogP contribution >= 0.6 is 11.8 Å². The van der Waals surface area contributed by atoms with E-state index < -0.39 is 11.4 Å². The molecular weight excluding hydrogens is 431 g/mol. The molecule has 1 spiro atoms. The molecular formula is C25H35FO5S. The van der Waals surface area contributed by atoms with Gasteiger partial charge in [-0.1, -0.05) is 26.0 Å². The van der Waals surface area contributed by atoms with Gasteiger partial charge in [0.05, 0.1) is 6.61 Å². The largest absolute Gasteiger partial charge is 0.377 e. The Morgan fingerprint density at radius 2 is 1.91 bits per heavy atom. The van der Waals surface area contributed by atoms with Gasteiger partial charge in [0.15, 0.2) is 11.9 Å². The van der Waals surface area contributed by atoms with Gasteiger partial charge in [-0.15, -0.1) is 11.8 Å². The van der Waals surface area contributed by atoms with Gasteiger partial charge in [-0.25, -0.2) is 14.2 Å². The van der Waals surface area contributed by atoms with Gasteiger partial charge in [0.2, 0.25) is 5.79 Å². The number of thioether (sulfide) groups is 1. The van der Waals surface area contributed by atoms with Crippen molar-refractivity contribution < 1.29 is 28.4 Å². The number of hydrogen-bond acceptors (Lipinski definition) is 6. The van der Waals surface area contributed by atoms with Crippen molar-refractivity contribution in [2.45, 2.75) is 82.6 Å². The summed E-state index contributed by atoms with van der Waals surface area (Å²) in [6.07, 6.45) is 4.82. The van der Waals surface area contributed by atoms with Gasteiger partial charge < -0.3 is 14.2 Å². The summed E-state index contributed by atoms with van der Waals surface area (Å²) in [7, 11) is 0. The molecule has 178 valence electrons. The number of ether oxygens (including phenoxy) is 3. The monoisotopic (exact) mass is 466 g/mol. The summed E-state index contributed by atoms with van der Waals surface area (Å²) in [6.45, 7) is 7.80. The van der Waals surface area contributed by atoms with Gasteiger partial charge in [-0.05, 0) is 73.8 Å². The molecule has 5 aliphatic rings. The average molecular weight is 467 g/mol. The highest BCUT2D eigenvalue weighted by atomic mass is 32.2. The molecule has 7 heteroatoms. The maximum absolute atomic E-state index is 13.0. The number of benzene rings is 1. The SMILES string of the molecule is C[C@H]1[C@H](SCCCOCc2ccc(F)cc2)OC2O[C@@]3(C)CC[C@H]4[C@H](C)CC[C@@H]1[C@@]24OO3. The predicted octanol–water partition coefficient (Wildman–Crippen LogP) is 5.67. The first kappa shape index (κ1) is 23.1. The van der Waals surface area contributed by atoms with Crippen molar-refractivity contribution in [1.82, 2.24) is 0 Å². The Morgan fingerprint density at radius 3 is 2.72 bits per heavy atom. The van der Waals surface area contributed by atoms with Crippen LogP contribution in [0.25, 0.3) is 0 Å². The van der Waals surface area contributed by atoms with E-state index in [1.165, 1.54) is 18.6 Å². The van der Waals surface area contributed by atoms with Crippen molar-refractivity contribution in [1.29, 1.82) is 0 Å². The highest BCUT2D eigenvalue weighted by molar-refractivity contribution is 7.99. The Balaban J connectivity index is 1.17. The molecule has 0 N–H and O–H groups in total. The fourth-order valence-electron chi connectivity index (χ4n) is 6.19. The maximum atomic E-state index is 13.0. The minimum Gasteiger partial charge on any atom is -0.377 e. The molecule has 1 unspecified atom stereocenters. The zero-order valence-corrected chi connectivity index (χ0v) is 20.1. The topological polar surface area (TPSA) is 46.2 Å². The second-order valence-electron chi connectivity index (χ2n) is 10.2. The van der Waals surface area contributed by atoms with Crippen molar-refractivity contribution in [3.8, 4) is 0 Å². The van der Waals surface area contributed by atoms with Crippen molar-refractivity contribution in [2.75, 3.05) is 12.4 Å². The van der Waals surface area contributed by atoms with Crippen molar-refractivity contribution in [3.05, 3.63) is 35.6 Å². The lowest BCUT2D eigenvalue weighted by Crippen LogP contribution is -2.70. The molecule has 4 saturated heterocycles. The van der Waals surface area contributed by atoms with Gasteiger partial charge in [-0.2, -0.15) is 0 Å². The van der Waals surface area contributed by atoms with Crippen LogP contribution in [0, 0.1) is 29.5 Å². The number of rotatable bonds is 7. The summed E-state index contributed by atoms with van der Waals surface area (Å²) in [6, 6.07) is 6.47. The zero-order valence-electron chi connectivity index (χ0n) is 19.3. The Labute approximate surface area is 194 Å². The van der Waals surface area contributed by atoms with E-state index in [9.17, 15) is 4.39 Å². The Hall–Kier alpha value is -0.700. The fraction of sp³-hybridized carbons (Fsp3) is 0.760. The molecule has 0 aromatic heterocycles. The van der Waals surface area contributed by atoms with Crippen LogP contribution in [0.4, 0.5) is 4.39 Å². The lowest BCUT2D eigenvalue weighted by Gasteiger charge is -2.60. The molecule has 1 aromatic rings. The van der Waals surface area contributed by atoms with Crippen LogP contribution < -0.4 is 0 Å². The van der Waals surface area contributed by atoms with Crippen LogP contribution in [-0.4, -0.2) is 35.5 Å². The Morgan fingerprint density at radius 1 is 1.09 bits per heavy atom. The molecule has 1 saturated carbocycles. The lowest BCUT2D eigenvalue weighted by molar-refractivity contribution is -0.568. The van der Waals surface area contributed by atoms with E-state index in [1.807, 2.05) is 18.7 Å². The van der Waals surface area contributed by atoms with Gasteiger partial charge >= 0.3 is 0 Å². The molecule has 5 fully saturated rings. The molecule has 5 nitrogen and oxygen atoms in total. The fourth-order valence-corrected chi connectivity index (χ4v) is 7.38. The molecule has 32 heavy (non-hydrogen) atoms. The molecule has 6 rings (SSSR count). The second-order valence-corrected chi connectivity index (χ2v) is 11.4. The van der Waals surface area contributed by atoms with E-state index in [-0.39, 0.29) is 17.5 Å². The van der Waals surface area contributed by atoms with E-state index in [4.69, 9.17) is 24.0 Å². The summed E-state index contributed by atoms with van der Waals surface area (Å²) in [4.78, 5) is 12.1. The minimum atomic E-state index is -0.721. The van der Waals surface area contributed by atoms with E-state index in [1.54, 1.807) is 12.1 Å². The van der Waals surface area contributed by atoms with Gasteiger partial charge in [0, 0.05) is 18.9 Å². The smallest absolute Gasteiger partial charge is 0.201 e. The summed E-state index contributed by atoms with van der Waals surface area (Å²) >= 11 is 1.86. The van der Waals surface area contributed by atoms with Crippen LogP contribution in [0.5, 0.6) is 0 Å². The zero-order chi connectivity index (χ0) is 22.3. The molecule has 1 aliphatic carbocycles. The van der Waals surface area contributed by atoms with E-state index >= 15 is 0 Å². The predicted molar refractivity (Wildman–Crippen MR) is 120 cm³/mol. The molecule has 8 atom stereocenters. The first-order chi connectivity index (χ1) is 15.4. The van der Waals surface area contributed by atoms with E-state index in [0.717, 1.165) is 37.0 Å².